The molecule has 2 aliphatic rings. The van der Waals surface area contributed by atoms with Crippen LogP contribution in [0.4, 0.5) is 15.3 Å². The van der Waals surface area contributed by atoms with E-state index in [-0.39, 0.29) is 25.6 Å². The maximum absolute atomic E-state index is 13.8. The molecule has 8 heteroatoms. The third kappa shape index (κ3) is 4.51. The van der Waals surface area contributed by atoms with Crippen LogP contribution in [0.2, 0.25) is 0 Å². The molecule has 4 aromatic carbocycles. The fraction of sp³-hybridized carbons (Fsp3) is 0.219. The number of rotatable bonds is 5. The van der Waals surface area contributed by atoms with E-state index in [1.807, 2.05) is 91.0 Å². The molecule has 0 unspecified atom stereocenters. The second kappa shape index (κ2) is 10.7. The average Bonchev–Trinajstić information content (AvgIpc) is 3.52. The first kappa shape index (κ1) is 25.4. The van der Waals surface area contributed by atoms with Gasteiger partial charge in [0.25, 0.3) is 0 Å². The number of benzene rings is 4. The van der Waals surface area contributed by atoms with Crippen LogP contribution >= 0.6 is 0 Å². The van der Waals surface area contributed by atoms with E-state index in [0.717, 1.165) is 21.9 Å². The van der Waals surface area contributed by atoms with Crippen molar-refractivity contribution in [3.63, 3.8) is 0 Å². The van der Waals surface area contributed by atoms with E-state index in [1.165, 1.54) is 9.80 Å². The summed E-state index contributed by atoms with van der Waals surface area (Å²) in [6.45, 7) is 1.91. The van der Waals surface area contributed by atoms with Crippen LogP contribution in [0.1, 0.15) is 30.4 Å². The highest BCUT2D eigenvalue weighted by Gasteiger charge is 2.57. The van der Waals surface area contributed by atoms with Crippen LogP contribution in [0, 0.1) is 0 Å². The molecule has 1 saturated heterocycles. The highest BCUT2D eigenvalue weighted by Crippen LogP contribution is 2.50. The highest BCUT2D eigenvalue weighted by atomic mass is 16.6. The maximum atomic E-state index is 13.8. The van der Waals surface area contributed by atoms with Crippen molar-refractivity contribution in [1.29, 1.82) is 0 Å². The Morgan fingerprint density at radius 2 is 1.52 bits per heavy atom. The largest absolute Gasteiger partial charge is 0.449 e. The topological polar surface area (TPSA) is 85.4 Å². The summed E-state index contributed by atoms with van der Waals surface area (Å²) in [5, 5.41) is 1.71. The Labute approximate surface area is 231 Å². The number of hydrogen-bond acceptors (Lipinski definition) is 6. The number of carbonyl (C=O) groups is 3. The Morgan fingerprint density at radius 3 is 2.35 bits per heavy atom. The molecule has 6 rings (SSSR count). The van der Waals surface area contributed by atoms with Gasteiger partial charge in [-0.25, -0.2) is 14.4 Å². The van der Waals surface area contributed by atoms with Crippen LogP contribution in [0.15, 0.2) is 97.1 Å². The van der Waals surface area contributed by atoms with Crippen LogP contribution in [-0.2, 0) is 20.9 Å². The van der Waals surface area contributed by atoms with Gasteiger partial charge in [0, 0.05) is 11.3 Å². The summed E-state index contributed by atoms with van der Waals surface area (Å²) in [4.78, 5) is 43.5. The summed E-state index contributed by atoms with van der Waals surface area (Å²) in [6.07, 6.45) is -1.84. The summed E-state index contributed by atoms with van der Waals surface area (Å²) >= 11 is 0. The molecule has 1 fully saturated rings. The Balaban J connectivity index is 1.36. The zero-order valence-corrected chi connectivity index (χ0v) is 21.9. The van der Waals surface area contributed by atoms with E-state index in [0.29, 0.717) is 11.4 Å². The van der Waals surface area contributed by atoms with Gasteiger partial charge in [-0.2, -0.15) is 0 Å². The summed E-state index contributed by atoms with van der Waals surface area (Å²) in [6, 6.07) is 28.8. The number of para-hydroxylation sites is 1. The fourth-order valence-electron chi connectivity index (χ4n) is 5.71. The lowest BCUT2D eigenvalue weighted by molar-refractivity contribution is -0.139. The molecular formula is C32H28N2O6. The van der Waals surface area contributed by atoms with E-state index < -0.39 is 30.4 Å². The van der Waals surface area contributed by atoms with Crippen molar-refractivity contribution in [3.05, 3.63) is 108 Å². The first-order valence-corrected chi connectivity index (χ1v) is 13.3. The van der Waals surface area contributed by atoms with Crippen molar-refractivity contribution in [1.82, 2.24) is 4.90 Å². The van der Waals surface area contributed by atoms with Crippen molar-refractivity contribution in [2.75, 3.05) is 11.5 Å². The molecular weight excluding hydrogens is 508 g/mol. The van der Waals surface area contributed by atoms with E-state index >= 15 is 0 Å². The normalized spacial score (nSPS) is 19.2. The SMILES string of the molecule is CCOC(=O)N1c2ccccc2[C@H]2C[C@@H](C(=O)Oc3cccc4ccccc34)N(C(=O)OCc3ccccc3)[C@H]21. The summed E-state index contributed by atoms with van der Waals surface area (Å²) < 4.78 is 17.0. The van der Waals surface area contributed by atoms with Crippen LogP contribution < -0.4 is 9.64 Å². The molecule has 2 heterocycles. The quantitative estimate of drug-likeness (QED) is 0.222. The molecule has 4 aromatic rings. The Morgan fingerprint density at radius 1 is 0.800 bits per heavy atom. The smallest absolute Gasteiger partial charge is 0.416 e. The zero-order chi connectivity index (χ0) is 27.6. The van der Waals surface area contributed by atoms with Crippen molar-refractivity contribution in [2.24, 2.45) is 0 Å². The number of hydrogen-bond donors (Lipinski definition) is 0. The third-order valence-corrected chi connectivity index (χ3v) is 7.43. The number of nitrogens with zero attached hydrogens (tertiary/aromatic N) is 2. The van der Waals surface area contributed by atoms with E-state index in [4.69, 9.17) is 14.2 Å². The second-order valence-corrected chi connectivity index (χ2v) is 9.75. The first-order valence-electron chi connectivity index (χ1n) is 13.3. The van der Waals surface area contributed by atoms with Gasteiger partial charge >= 0.3 is 18.2 Å². The lowest BCUT2D eigenvalue weighted by atomic mass is 9.96. The molecule has 202 valence electrons. The minimum atomic E-state index is -0.984. The number of anilines is 1. The molecule has 0 radical (unpaired) electrons. The summed E-state index contributed by atoms with van der Waals surface area (Å²) in [7, 11) is 0. The van der Waals surface area contributed by atoms with Crippen LogP contribution in [0.25, 0.3) is 10.8 Å². The molecule has 40 heavy (non-hydrogen) atoms. The fourth-order valence-corrected chi connectivity index (χ4v) is 5.71. The van der Waals surface area contributed by atoms with Crippen molar-refractivity contribution >= 4 is 34.6 Å². The van der Waals surface area contributed by atoms with E-state index in [9.17, 15) is 14.4 Å². The maximum Gasteiger partial charge on any atom is 0.416 e. The van der Waals surface area contributed by atoms with Gasteiger partial charge in [0.05, 0.1) is 12.3 Å². The second-order valence-electron chi connectivity index (χ2n) is 9.75. The number of amides is 2. The monoisotopic (exact) mass is 536 g/mol. The lowest BCUT2D eigenvalue weighted by Crippen LogP contribution is -2.54. The molecule has 0 saturated carbocycles. The predicted octanol–water partition coefficient (Wildman–Crippen LogP) is 6.24. The van der Waals surface area contributed by atoms with Gasteiger partial charge in [0.15, 0.2) is 0 Å². The van der Waals surface area contributed by atoms with Gasteiger partial charge < -0.3 is 14.2 Å². The Bertz CT molecular complexity index is 1570. The van der Waals surface area contributed by atoms with Crippen LogP contribution in [0.5, 0.6) is 5.75 Å². The molecule has 0 aromatic heterocycles. The molecule has 0 bridgehead atoms. The Kier molecular flexibility index (Phi) is 6.82. The van der Waals surface area contributed by atoms with Crippen molar-refractivity contribution < 1.29 is 28.6 Å². The van der Waals surface area contributed by atoms with Gasteiger partial charge in [0.1, 0.15) is 24.6 Å². The minimum absolute atomic E-state index is 0.0189. The van der Waals surface area contributed by atoms with Gasteiger partial charge in [-0.3, -0.25) is 9.80 Å². The number of esters is 1. The molecule has 0 aliphatic carbocycles. The lowest BCUT2D eigenvalue weighted by Gasteiger charge is -2.33. The van der Waals surface area contributed by atoms with Crippen LogP contribution in [0.3, 0.4) is 0 Å². The third-order valence-electron chi connectivity index (χ3n) is 7.43. The molecule has 8 nitrogen and oxygen atoms in total. The molecule has 2 aliphatic heterocycles. The molecule has 3 atom stereocenters. The van der Waals surface area contributed by atoms with E-state index in [1.54, 1.807) is 13.0 Å². The number of fused-ring (bicyclic) bond motifs is 4. The van der Waals surface area contributed by atoms with Gasteiger partial charge in [-0.1, -0.05) is 84.9 Å². The Hall–Kier alpha value is -4.85. The number of ether oxygens (including phenoxy) is 3. The van der Waals surface area contributed by atoms with Gasteiger partial charge in [-0.15, -0.1) is 0 Å². The van der Waals surface area contributed by atoms with Crippen molar-refractivity contribution in [3.8, 4) is 5.75 Å². The number of carbonyl (C=O) groups excluding carboxylic acids is 3. The molecule has 0 N–H and O–H groups in total. The molecule has 2 amide bonds. The van der Waals surface area contributed by atoms with Gasteiger partial charge in [-0.05, 0) is 42.0 Å². The first-order chi connectivity index (χ1) is 19.6. The highest BCUT2D eigenvalue weighted by molar-refractivity contribution is 5.96. The molecule has 0 spiro atoms. The average molecular weight is 537 g/mol. The number of likely N-dealkylation sites (tertiary alicyclic amines) is 1. The van der Waals surface area contributed by atoms with Crippen LogP contribution in [-0.4, -0.2) is 41.9 Å². The van der Waals surface area contributed by atoms with Gasteiger partial charge in [0.2, 0.25) is 0 Å². The summed E-state index contributed by atoms with van der Waals surface area (Å²) in [5.41, 5.74) is 2.32. The van der Waals surface area contributed by atoms with E-state index in [2.05, 4.69) is 0 Å². The summed E-state index contributed by atoms with van der Waals surface area (Å²) in [5.74, 6) is -0.515. The zero-order valence-electron chi connectivity index (χ0n) is 21.9. The predicted molar refractivity (Wildman–Crippen MR) is 149 cm³/mol. The van der Waals surface area contributed by atoms with Crippen molar-refractivity contribution in [2.45, 2.75) is 38.1 Å². The minimum Gasteiger partial charge on any atom is -0.449 e. The standard InChI is InChI=1S/C32H28N2O6/c1-2-38-31(36)33-26-17-9-8-16-24(26)25-19-27(30(35)40-28-18-10-14-22-13-6-7-15-23(22)28)34(29(25)33)32(37)39-20-21-11-4-3-5-12-21/h3-18,25,27,29H,2,19-20H2,1H3/t25-,27+,29-/m1/s1.